The van der Waals surface area contributed by atoms with Gasteiger partial charge in [0.05, 0.1) is 12.1 Å². The molecular weight excluding hydrogens is 234 g/mol. The highest BCUT2D eigenvalue weighted by Crippen LogP contribution is 2.21. The number of hydrogen-bond donors (Lipinski definition) is 1. The van der Waals surface area contributed by atoms with Gasteiger partial charge in [0, 0.05) is 6.20 Å². The van der Waals surface area contributed by atoms with Gasteiger partial charge in [0.1, 0.15) is 11.8 Å². The number of nitrogens with zero attached hydrogens (tertiary/aromatic N) is 2. The Morgan fingerprint density at radius 1 is 1.35 bits per heavy atom. The molecule has 2 rings (SSSR count). The molecule has 0 spiro atoms. The van der Waals surface area contributed by atoms with Crippen LogP contribution in [0.4, 0.5) is 8.78 Å². The maximum atomic E-state index is 12.1. The molecule has 0 bridgehead atoms. The van der Waals surface area contributed by atoms with Crippen molar-refractivity contribution in [3.8, 4) is 0 Å². The number of aliphatic hydroxyl groups excluding tert-OH is 1. The standard InChI is InChI=1S/C10H8F2N2O3/c11-8(12)6(15)4-14-9(16)5-2-1-3-13-7(5)10(14)17/h1-3,6,8,15H,4H2. The minimum Gasteiger partial charge on any atom is -0.385 e. The number of amides is 2. The van der Waals surface area contributed by atoms with Crippen LogP contribution in [-0.4, -0.2) is 45.9 Å². The summed E-state index contributed by atoms with van der Waals surface area (Å²) in [5, 5.41) is 8.98. The number of alkyl halides is 2. The summed E-state index contributed by atoms with van der Waals surface area (Å²) in [4.78, 5) is 27.6. The molecule has 5 nitrogen and oxygen atoms in total. The van der Waals surface area contributed by atoms with E-state index in [1.54, 1.807) is 0 Å². The van der Waals surface area contributed by atoms with E-state index in [0.29, 0.717) is 4.90 Å². The SMILES string of the molecule is O=C1c2cccnc2C(=O)N1CC(O)C(F)F. The molecule has 2 amide bonds. The minimum atomic E-state index is -3.01. The number of aromatic nitrogens is 1. The zero-order chi connectivity index (χ0) is 12.6. The largest absolute Gasteiger partial charge is 0.385 e. The van der Waals surface area contributed by atoms with Crippen molar-refractivity contribution in [2.24, 2.45) is 0 Å². The molecule has 1 atom stereocenters. The van der Waals surface area contributed by atoms with Gasteiger partial charge in [0.25, 0.3) is 18.2 Å². The predicted molar refractivity (Wildman–Crippen MR) is 51.6 cm³/mol. The first-order valence-corrected chi connectivity index (χ1v) is 4.80. The Hall–Kier alpha value is -1.89. The summed E-state index contributed by atoms with van der Waals surface area (Å²) < 4.78 is 24.3. The molecule has 1 aromatic rings. The fraction of sp³-hybridized carbons (Fsp3) is 0.300. The van der Waals surface area contributed by atoms with Gasteiger partial charge in [0.2, 0.25) is 0 Å². The van der Waals surface area contributed by atoms with Crippen LogP contribution in [0.15, 0.2) is 18.3 Å². The van der Waals surface area contributed by atoms with E-state index >= 15 is 0 Å². The van der Waals surface area contributed by atoms with E-state index in [-0.39, 0.29) is 11.3 Å². The molecule has 0 aromatic carbocycles. The molecule has 0 saturated carbocycles. The van der Waals surface area contributed by atoms with E-state index in [0.717, 1.165) is 0 Å². The van der Waals surface area contributed by atoms with Gasteiger partial charge in [-0.25, -0.2) is 8.78 Å². The molecule has 2 heterocycles. The number of carbonyl (C=O) groups excluding carboxylic acids is 2. The molecule has 7 heteroatoms. The number of carbonyl (C=O) groups is 2. The average molecular weight is 242 g/mol. The summed E-state index contributed by atoms with van der Waals surface area (Å²) in [7, 11) is 0. The lowest BCUT2D eigenvalue weighted by molar-refractivity contribution is -0.0172. The summed E-state index contributed by atoms with van der Waals surface area (Å²) in [6.07, 6.45) is -3.72. The Kier molecular flexibility index (Phi) is 2.84. The highest BCUT2D eigenvalue weighted by atomic mass is 19.3. The van der Waals surface area contributed by atoms with Crippen LogP contribution in [0.1, 0.15) is 20.8 Å². The fourth-order valence-corrected chi connectivity index (χ4v) is 1.55. The van der Waals surface area contributed by atoms with E-state index < -0.39 is 30.9 Å². The van der Waals surface area contributed by atoms with Gasteiger partial charge in [-0.3, -0.25) is 19.5 Å². The van der Waals surface area contributed by atoms with E-state index in [9.17, 15) is 18.4 Å². The van der Waals surface area contributed by atoms with Crippen molar-refractivity contribution in [3.05, 3.63) is 29.6 Å². The Labute approximate surface area is 94.7 Å². The van der Waals surface area contributed by atoms with Gasteiger partial charge in [-0.15, -0.1) is 0 Å². The lowest BCUT2D eigenvalue weighted by Crippen LogP contribution is -2.39. The van der Waals surface area contributed by atoms with E-state index in [2.05, 4.69) is 4.98 Å². The number of aliphatic hydroxyl groups is 1. The zero-order valence-electron chi connectivity index (χ0n) is 8.51. The quantitative estimate of drug-likeness (QED) is 0.774. The van der Waals surface area contributed by atoms with E-state index in [4.69, 9.17) is 5.11 Å². The monoisotopic (exact) mass is 242 g/mol. The van der Waals surface area contributed by atoms with Crippen LogP contribution in [0, 0.1) is 0 Å². The lowest BCUT2D eigenvalue weighted by atomic mass is 10.2. The molecule has 0 saturated heterocycles. The first-order chi connectivity index (χ1) is 8.02. The highest BCUT2D eigenvalue weighted by Gasteiger charge is 2.38. The number of β-amino-alcohol motifs (C(OH)–C–C–N with tert-alkyl or cyclic N) is 1. The molecule has 1 aliphatic rings. The van der Waals surface area contributed by atoms with Crippen LogP contribution < -0.4 is 0 Å². The van der Waals surface area contributed by atoms with Gasteiger partial charge in [-0.05, 0) is 12.1 Å². The van der Waals surface area contributed by atoms with Gasteiger partial charge in [-0.1, -0.05) is 0 Å². The molecule has 1 aliphatic heterocycles. The van der Waals surface area contributed by atoms with Crippen molar-refractivity contribution in [2.45, 2.75) is 12.5 Å². The topological polar surface area (TPSA) is 70.5 Å². The van der Waals surface area contributed by atoms with Crippen LogP contribution in [0.5, 0.6) is 0 Å². The molecule has 1 N–H and O–H groups in total. The van der Waals surface area contributed by atoms with Crippen molar-refractivity contribution < 1.29 is 23.5 Å². The Morgan fingerprint density at radius 3 is 2.65 bits per heavy atom. The van der Waals surface area contributed by atoms with Crippen LogP contribution in [0.25, 0.3) is 0 Å². The molecule has 1 aromatic heterocycles. The molecule has 1 unspecified atom stereocenters. The highest BCUT2D eigenvalue weighted by molar-refractivity contribution is 6.20. The molecule has 17 heavy (non-hydrogen) atoms. The third-order valence-electron chi connectivity index (χ3n) is 2.39. The van der Waals surface area contributed by atoms with Crippen molar-refractivity contribution >= 4 is 11.8 Å². The Bertz CT molecular complexity index is 443. The van der Waals surface area contributed by atoms with Crippen LogP contribution in [0.3, 0.4) is 0 Å². The van der Waals surface area contributed by atoms with Crippen LogP contribution >= 0.6 is 0 Å². The summed E-state index contributed by atoms with van der Waals surface area (Å²) in [6, 6.07) is 2.86. The summed E-state index contributed by atoms with van der Waals surface area (Å²) in [6.45, 7) is -0.730. The number of hydrogen-bond acceptors (Lipinski definition) is 4. The number of halogens is 2. The smallest absolute Gasteiger partial charge is 0.280 e. The van der Waals surface area contributed by atoms with E-state index in [1.807, 2.05) is 0 Å². The molecular formula is C10H8F2N2O3. The maximum absolute atomic E-state index is 12.1. The van der Waals surface area contributed by atoms with Crippen LogP contribution in [0.2, 0.25) is 0 Å². The third-order valence-corrected chi connectivity index (χ3v) is 2.39. The summed E-state index contributed by atoms with van der Waals surface area (Å²) in [5.74, 6) is -1.47. The molecule has 0 radical (unpaired) electrons. The lowest BCUT2D eigenvalue weighted by Gasteiger charge is -2.17. The summed E-state index contributed by atoms with van der Waals surface area (Å²) >= 11 is 0. The average Bonchev–Trinajstić information content (AvgIpc) is 2.55. The van der Waals surface area contributed by atoms with Crippen LogP contribution in [-0.2, 0) is 0 Å². The third kappa shape index (κ3) is 1.89. The summed E-state index contributed by atoms with van der Waals surface area (Å²) in [5.41, 5.74) is -0.00191. The number of fused-ring (bicyclic) bond motifs is 1. The second kappa shape index (κ2) is 4.17. The van der Waals surface area contributed by atoms with Crippen molar-refractivity contribution in [3.63, 3.8) is 0 Å². The minimum absolute atomic E-state index is 0.0685. The normalized spacial score (nSPS) is 16.6. The first-order valence-electron chi connectivity index (χ1n) is 4.80. The predicted octanol–water partition coefficient (Wildman–Crippen LogP) is 0.304. The van der Waals surface area contributed by atoms with Crippen molar-refractivity contribution in [1.82, 2.24) is 9.88 Å². The van der Waals surface area contributed by atoms with Crippen molar-refractivity contribution in [2.75, 3.05) is 6.54 Å². The van der Waals surface area contributed by atoms with Gasteiger partial charge in [0.15, 0.2) is 0 Å². The Balaban J connectivity index is 2.25. The molecule has 0 fully saturated rings. The van der Waals surface area contributed by atoms with E-state index in [1.165, 1.54) is 18.3 Å². The fourth-order valence-electron chi connectivity index (χ4n) is 1.55. The molecule has 90 valence electrons. The second-order valence-electron chi connectivity index (χ2n) is 3.52. The first kappa shape index (κ1) is 11.6. The second-order valence-corrected chi connectivity index (χ2v) is 3.52. The number of imide groups is 1. The number of pyridine rings is 1. The van der Waals surface area contributed by atoms with Gasteiger partial charge >= 0.3 is 0 Å². The Morgan fingerprint density at radius 2 is 2.06 bits per heavy atom. The van der Waals surface area contributed by atoms with Gasteiger partial charge < -0.3 is 5.11 Å². The molecule has 0 aliphatic carbocycles. The number of rotatable bonds is 3. The maximum Gasteiger partial charge on any atom is 0.280 e. The van der Waals surface area contributed by atoms with Gasteiger partial charge in [-0.2, -0.15) is 0 Å². The van der Waals surface area contributed by atoms with Crippen molar-refractivity contribution in [1.29, 1.82) is 0 Å². The zero-order valence-corrected chi connectivity index (χ0v) is 8.51.